The summed E-state index contributed by atoms with van der Waals surface area (Å²) in [6.07, 6.45) is 32.0. The lowest BCUT2D eigenvalue weighted by Gasteiger charge is -2.19. The van der Waals surface area contributed by atoms with Crippen LogP contribution in [0.3, 0.4) is 0 Å². The Morgan fingerprint density at radius 2 is 0.926 bits per heavy atom. The maximum atomic E-state index is 12.8. The van der Waals surface area contributed by atoms with Crippen molar-refractivity contribution in [2.24, 2.45) is 0 Å². The summed E-state index contributed by atoms with van der Waals surface area (Å²) in [5, 5.41) is 0. The predicted octanol–water partition coefficient (Wildman–Crippen LogP) is 14.1. The SMILES string of the molecule is [C-]#[N+]C(C)(CCC(=O)OC[C@@H](COC(=O)CCCCCCCCCCCCCCC)OC(=O)CCCCCCCCCCCCCCC)SC(=S)SCC. The normalized spacial score (nSPS) is 12.8. The molecule has 0 rings (SSSR count). The summed E-state index contributed by atoms with van der Waals surface area (Å²) in [5.41, 5.74) is 0. The van der Waals surface area contributed by atoms with Crippen molar-refractivity contribution in [3.63, 3.8) is 0 Å². The molecule has 0 aromatic heterocycles. The number of hydrogen-bond acceptors (Lipinski definition) is 9. The first kappa shape index (κ1) is 52.7. The minimum absolute atomic E-state index is 0.0315. The molecule has 2 atom stereocenters. The minimum atomic E-state index is -0.867. The van der Waals surface area contributed by atoms with Crippen molar-refractivity contribution in [1.29, 1.82) is 0 Å². The molecule has 0 spiro atoms. The summed E-state index contributed by atoms with van der Waals surface area (Å²) < 4.78 is 17.3. The summed E-state index contributed by atoms with van der Waals surface area (Å²) in [7, 11) is 0. The van der Waals surface area contributed by atoms with Gasteiger partial charge in [0.15, 0.2) is 6.10 Å². The fraction of sp³-hybridized carbons (Fsp3) is 0.886. The smallest absolute Gasteiger partial charge is 0.306 e. The quantitative estimate of drug-likeness (QED) is 0.0199. The molecule has 0 heterocycles. The molecular weight excluding hydrogens is 735 g/mol. The number of rotatable bonds is 38. The Kier molecular flexibility index (Phi) is 37.6. The third kappa shape index (κ3) is 35.1. The van der Waals surface area contributed by atoms with Crippen LogP contribution in [0.1, 0.15) is 220 Å². The Morgan fingerprint density at radius 1 is 0.574 bits per heavy atom. The van der Waals surface area contributed by atoms with E-state index < -0.39 is 16.9 Å². The van der Waals surface area contributed by atoms with Gasteiger partial charge in [-0.3, -0.25) is 19.2 Å². The molecule has 0 aromatic rings. The average molecular weight is 814 g/mol. The maximum absolute atomic E-state index is 12.8. The third-order valence-electron chi connectivity index (χ3n) is 9.72. The van der Waals surface area contributed by atoms with Gasteiger partial charge in [-0.05, 0) is 30.4 Å². The second-order valence-electron chi connectivity index (χ2n) is 15.0. The van der Waals surface area contributed by atoms with Crippen LogP contribution in [0.2, 0.25) is 0 Å². The van der Waals surface area contributed by atoms with Crippen LogP contribution in [0.5, 0.6) is 0 Å². The van der Waals surface area contributed by atoms with E-state index in [4.69, 9.17) is 33.0 Å². The zero-order valence-electron chi connectivity index (χ0n) is 35.0. The van der Waals surface area contributed by atoms with Crippen molar-refractivity contribution in [2.75, 3.05) is 19.0 Å². The first-order valence-electron chi connectivity index (χ1n) is 21.9. The lowest BCUT2D eigenvalue weighted by Crippen LogP contribution is -2.31. The molecule has 0 N–H and O–H groups in total. The molecule has 0 aliphatic heterocycles. The fourth-order valence-corrected chi connectivity index (χ4v) is 9.11. The molecule has 0 bridgehead atoms. The number of carbonyl (C=O) groups excluding carboxylic acids is 3. The molecule has 0 aliphatic rings. The molecular formula is C44H79NO6S3. The summed E-state index contributed by atoms with van der Waals surface area (Å²) >= 11 is 8.17. The van der Waals surface area contributed by atoms with E-state index in [0.717, 1.165) is 44.3 Å². The zero-order chi connectivity index (χ0) is 40.0. The Bertz CT molecular complexity index is 990. The fourth-order valence-electron chi connectivity index (χ4n) is 6.24. The number of hydrogen-bond donors (Lipinski definition) is 0. The van der Waals surface area contributed by atoms with Crippen LogP contribution in [0, 0.1) is 6.57 Å². The highest BCUT2D eigenvalue weighted by Crippen LogP contribution is 2.36. The summed E-state index contributed by atoms with van der Waals surface area (Å²) in [6.45, 7) is 15.6. The molecule has 0 amide bonds. The second kappa shape index (κ2) is 38.6. The van der Waals surface area contributed by atoms with Gasteiger partial charge >= 0.3 is 17.9 Å². The first-order valence-corrected chi connectivity index (χ1v) is 24.2. The van der Waals surface area contributed by atoms with Crippen LogP contribution in [0.15, 0.2) is 0 Å². The van der Waals surface area contributed by atoms with E-state index in [1.54, 1.807) is 6.92 Å². The monoisotopic (exact) mass is 814 g/mol. The van der Waals surface area contributed by atoms with E-state index in [-0.39, 0.29) is 44.4 Å². The summed E-state index contributed by atoms with van der Waals surface area (Å²) in [6, 6.07) is 0. The van der Waals surface area contributed by atoms with E-state index in [1.165, 1.54) is 152 Å². The van der Waals surface area contributed by atoms with Crippen LogP contribution in [-0.4, -0.2) is 51.4 Å². The average Bonchev–Trinajstić information content (AvgIpc) is 3.15. The van der Waals surface area contributed by atoms with Crippen molar-refractivity contribution in [3.05, 3.63) is 11.4 Å². The van der Waals surface area contributed by atoms with Gasteiger partial charge in [0.25, 0.3) is 4.87 Å². The van der Waals surface area contributed by atoms with Gasteiger partial charge in [0, 0.05) is 26.2 Å². The maximum Gasteiger partial charge on any atom is 0.306 e. The van der Waals surface area contributed by atoms with Crippen LogP contribution in [0.4, 0.5) is 0 Å². The molecule has 314 valence electrons. The molecule has 7 nitrogen and oxygen atoms in total. The van der Waals surface area contributed by atoms with Crippen LogP contribution >= 0.6 is 35.7 Å². The van der Waals surface area contributed by atoms with Crippen LogP contribution < -0.4 is 0 Å². The number of ether oxygens (including phenoxy) is 3. The number of esters is 3. The molecule has 0 fully saturated rings. The van der Waals surface area contributed by atoms with E-state index in [2.05, 4.69) is 18.7 Å². The Hall–Kier alpha value is -1.31. The van der Waals surface area contributed by atoms with Crippen molar-refractivity contribution in [2.45, 2.75) is 231 Å². The number of thiocarbonyl (C=S) groups is 1. The molecule has 0 aliphatic carbocycles. The van der Waals surface area contributed by atoms with Crippen LogP contribution in [-0.2, 0) is 28.6 Å². The molecule has 10 heteroatoms. The predicted molar refractivity (Wildman–Crippen MR) is 235 cm³/mol. The molecule has 0 saturated heterocycles. The topological polar surface area (TPSA) is 83.3 Å². The number of thioether (sulfide) groups is 2. The highest BCUT2D eigenvalue weighted by Gasteiger charge is 2.34. The lowest BCUT2D eigenvalue weighted by molar-refractivity contribution is -0.167. The standard InChI is InChI=1S/C44H79NO6S3/c1-6-9-11-13-15-17-19-21-23-25-27-29-31-33-40(46)49-37-39(38-50-41(47)35-36-44(4,45-5)54-43(52)53-8-3)51-42(48)34-32-30-28-26-24-22-20-18-16-14-12-10-7-2/h39H,6-38H2,1-4H3/t39-,44?/m1/s1. The second-order valence-corrected chi connectivity index (χ2v) is 19.0. The molecule has 54 heavy (non-hydrogen) atoms. The van der Waals surface area contributed by atoms with Crippen molar-refractivity contribution in [3.8, 4) is 0 Å². The van der Waals surface area contributed by atoms with Gasteiger partial charge in [-0.25, -0.2) is 6.57 Å². The Balaban J connectivity index is 4.56. The minimum Gasteiger partial charge on any atom is -0.462 e. The number of unbranched alkanes of at least 4 members (excludes halogenated alkanes) is 24. The molecule has 0 radical (unpaired) electrons. The van der Waals surface area contributed by atoms with Gasteiger partial charge in [0.2, 0.25) is 0 Å². The third-order valence-corrected chi connectivity index (χ3v) is 12.4. The van der Waals surface area contributed by atoms with E-state index >= 15 is 0 Å². The van der Waals surface area contributed by atoms with Gasteiger partial charge in [-0.15, -0.1) is 11.8 Å². The Morgan fingerprint density at radius 3 is 1.30 bits per heavy atom. The van der Waals surface area contributed by atoms with E-state index in [1.807, 2.05) is 6.92 Å². The van der Waals surface area contributed by atoms with Gasteiger partial charge in [-0.1, -0.05) is 187 Å². The first-order chi connectivity index (χ1) is 26.2. The number of carbonyl (C=O) groups is 3. The van der Waals surface area contributed by atoms with E-state index in [0.29, 0.717) is 9.95 Å². The number of nitrogens with zero attached hydrogens (tertiary/aromatic N) is 1. The van der Waals surface area contributed by atoms with Gasteiger partial charge in [0.05, 0.1) is 6.42 Å². The highest BCUT2D eigenvalue weighted by molar-refractivity contribution is 8.47. The molecule has 1 unspecified atom stereocenters. The zero-order valence-corrected chi connectivity index (χ0v) is 37.5. The van der Waals surface area contributed by atoms with Crippen molar-refractivity contribution in [1.82, 2.24) is 0 Å². The largest absolute Gasteiger partial charge is 0.462 e. The molecule has 0 aromatic carbocycles. The van der Waals surface area contributed by atoms with Crippen molar-refractivity contribution < 1.29 is 28.6 Å². The van der Waals surface area contributed by atoms with Gasteiger partial charge < -0.3 is 14.2 Å². The summed E-state index contributed by atoms with van der Waals surface area (Å²) in [5.74, 6) is -0.362. The van der Waals surface area contributed by atoms with E-state index in [9.17, 15) is 14.4 Å². The highest BCUT2D eigenvalue weighted by atomic mass is 32.2. The van der Waals surface area contributed by atoms with Gasteiger partial charge in [-0.2, -0.15) is 0 Å². The molecule has 0 saturated carbocycles. The van der Waals surface area contributed by atoms with Gasteiger partial charge in [0.1, 0.15) is 16.7 Å². The van der Waals surface area contributed by atoms with Crippen LogP contribution in [0.25, 0.3) is 4.85 Å². The Labute approximate surface area is 345 Å². The van der Waals surface area contributed by atoms with Crippen molar-refractivity contribution >= 4 is 57.2 Å². The summed E-state index contributed by atoms with van der Waals surface area (Å²) in [4.78, 5) is 40.8. The lowest BCUT2D eigenvalue weighted by atomic mass is 10.0.